The molecule has 2 fully saturated rings. The molecular formula is C17H17NO4. The Morgan fingerprint density at radius 2 is 2.14 bits per heavy atom. The second-order valence-electron chi connectivity index (χ2n) is 6.23. The van der Waals surface area contributed by atoms with Crippen LogP contribution >= 0.6 is 0 Å². The van der Waals surface area contributed by atoms with Gasteiger partial charge in [0, 0.05) is 6.54 Å². The van der Waals surface area contributed by atoms with Crippen LogP contribution in [0.3, 0.4) is 0 Å². The molecule has 0 radical (unpaired) electrons. The number of likely N-dealkylation sites (tertiary alicyclic amines) is 1. The van der Waals surface area contributed by atoms with Crippen molar-refractivity contribution in [3.63, 3.8) is 0 Å². The van der Waals surface area contributed by atoms with Crippen molar-refractivity contribution in [3.05, 3.63) is 48.0 Å². The molecule has 5 nitrogen and oxygen atoms in total. The van der Waals surface area contributed by atoms with E-state index in [0.717, 1.165) is 6.42 Å². The summed E-state index contributed by atoms with van der Waals surface area (Å²) in [5.74, 6) is -2.36. The van der Waals surface area contributed by atoms with Crippen LogP contribution < -0.4 is 0 Å². The van der Waals surface area contributed by atoms with Crippen LogP contribution in [0.4, 0.5) is 0 Å². The van der Waals surface area contributed by atoms with Gasteiger partial charge in [-0.1, -0.05) is 42.5 Å². The average molecular weight is 299 g/mol. The van der Waals surface area contributed by atoms with E-state index in [1.165, 1.54) is 5.56 Å². The minimum atomic E-state index is -0.945. The summed E-state index contributed by atoms with van der Waals surface area (Å²) in [5.41, 5.74) is 0.446. The van der Waals surface area contributed by atoms with Crippen molar-refractivity contribution < 1.29 is 19.4 Å². The lowest BCUT2D eigenvalue weighted by Crippen LogP contribution is -2.39. The third-order valence-corrected chi connectivity index (χ3v) is 4.98. The molecule has 1 amide bonds. The molecule has 0 aliphatic carbocycles. The Bertz CT molecular complexity index is 656. The first-order chi connectivity index (χ1) is 10.6. The molecule has 0 aromatic heterocycles. The highest BCUT2D eigenvalue weighted by atomic mass is 16.5. The minimum Gasteiger partial charge on any atom is -0.481 e. The number of fused-ring (bicyclic) bond motifs is 1. The van der Waals surface area contributed by atoms with Crippen LogP contribution in [0.2, 0.25) is 0 Å². The smallest absolute Gasteiger partial charge is 0.310 e. The lowest BCUT2D eigenvalue weighted by molar-refractivity contribution is -0.148. The Labute approximate surface area is 128 Å². The Hall–Kier alpha value is -2.14. The maximum atomic E-state index is 12.7. The van der Waals surface area contributed by atoms with E-state index in [1.807, 2.05) is 36.4 Å². The molecular weight excluding hydrogens is 282 g/mol. The van der Waals surface area contributed by atoms with Gasteiger partial charge in [-0.3, -0.25) is 9.59 Å². The van der Waals surface area contributed by atoms with Gasteiger partial charge in [0.05, 0.1) is 18.6 Å². The molecule has 2 bridgehead atoms. The summed E-state index contributed by atoms with van der Waals surface area (Å²) in [6, 6.07) is 9.97. The Kier molecular flexibility index (Phi) is 2.87. The fourth-order valence-corrected chi connectivity index (χ4v) is 3.96. The van der Waals surface area contributed by atoms with E-state index in [4.69, 9.17) is 4.74 Å². The number of rotatable bonds is 4. The molecule has 1 aromatic rings. The topological polar surface area (TPSA) is 66.8 Å². The van der Waals surface area contributed by atoms with Gasteiger partial charge >= 0.3 is 5.97 Å². The first kappa shape index (κ1) is 13.5. The van der Waals surface area contributed by atoms with E-state index in [2.05, 4.69) is 0 Å². The normalized spacial score (nSPS) is 35.2. The maximum Gasteiger partial charge on any atom is 0.310 e. The molecule has 4 atom stereocenters. The zero-order valence-corrected chi connectivity index (χ0v) is 12.0. The van der Waals surface area contributed by atoms with Crippen LogP contribution in [0.5, 0.6) is 0 Å². The number of ether oxygens (including phenoxy) is 1. The van der Waals surface area contributed by atoms with Crippen LogP contribution in [-0.4, -0.2) is 46.7 Å². The number of carbonyl (C=O) groups is 2. The van der Waals surface area contributed by atoms with Gasteiger partial charge in [-0.05, 0) is 12.0 Å². The molecule has 0 unspecified atom stereocenters. The highest BCUT2D eigenvalue weighted by Crippen LogP contribution is 2.51. The van der Waals surface area contributed by atoms with Crippen molar-refractivity contribution in [2.75, 3.05) is 13.1 Å². The summed E-state index contributed by atoms with van der Waals surface area (Å²) in [6.45, 7) is 1.05. The van der Waals surface area contributed by atoms with Crippen LogP contribution in [0, 0.1) is 11.8 Å². The first-order valence-electron chi connectivity index (χ1n) is 7.53. The third-order valence-electron chi connectivity index (χ3n) is 4.98. The number of benzene rings is 1. The second-order valence-corrected chi connectivity index (χ2v) is 6.23. The van der Waals surface area contributed by atoms with Gasteiger partial charge in [0.25, 0.3) is 0 Å². The van der Waals surface area contributed by atoms with Gasteiger partial charge in [-0.25, -0.2) is 0 Å². The first-order valence-corrected chi connectivity index (χ1v) is 7.53. The van der Waals surface area contributed by atoms with Crippen molar-refractivity contribution >= 4 is 11.9 Å². The fraction of sp³-hybridized carbons (Fsp3) is 0.412. The number of nitrogens with zero attached hydrogens (tertiary/aromatic N) is 1. The molecule has 3 heterocycles. The minimum absolute atomic E-state index is 0.0878. The van der Waals surface area contributed by atoms with Gasteiger partial charge in [0.15, 0.2) is 0 Å². The molecule has 5 heteroatoms. The molecule has 1 N–H and O–H groups in total. The van der Waals surface area contributed by atoms with E-state index in [1.54, 1.807) is 11.0 Å². The molecule has 0 saturated carbocycles. The summed E-state index contributed by atoms with van der Waals surface area (Å²) >= 11 is 0. The van der Waals surface area contributed by atoms with Crippen LogP contribution in [0.15, 0.2) is 42.5 Å². The number of amides is 1. The van der Waals surface area contributed by atoms with Crippen LogP contribution in [0.25, 0.3) is 0 Å². The highest BCUT2D eigenvalue weighted by molar-refractivity contribution is 5.90. The Morgan fingerprint density at radius 3 is 2.86 bits per heavy atom. The number of hydrogen-bond acceptors (Lipinski definition) is 3. The Morgan fingerprint density at radius 1 is 1.36 bits per heavy atom. The van der Waals surface area contributed by atoms with Gasteiger partial charge in [0.2, 0.25) is 5.91 Å². The van der Waals surface area contributed by atoms with Crippen molar-refractivity contribution in [2.45, 2.75) is 18.1 Å². The SMILES string of the molecule is O=C(O)[C@H]1[C@@H]2C=C[C@]3(CN(CCc4ccccc4)C(=O)[C@@H]13)O2. The number of carbonyl (C=O) groups excluding carboxylic acids is 1. The summed E-state index contributed by atoms with van der Waals surface area (Å²) in [7, 11) is 0. The maximum absolute atomic E-state index is 12.7. The van der Waals surface area contributed by atoms with Crippen LogP contribution in [0.1, 0.15) is 5.56 Å². The Balaban J connectivity index is 1.53. The van der Waals surface area contributed by atoms with E-state index >= 15 is 0 Å². The van der Waals surface area contributed by atoms with Gasteiger partial charge < -0.3 is 14.7 Å². The predicted molar refractivity (Wildman–Crippen MR) is 78.1 cm³/mol. The summed E-state index contributed by atoms with van der Waals surface area (Å²) in [5, 5.41) is 9.41. The summed E-state index contributed by atoms with van der Waals surface area (Å²) in [4.78, 5) is 25.9. The molecule has 4 rings (SSSR count). The molecule has 22 heavy (non-hydrogen) atoms. The van der Waals surface area contributed by atoms with Crippen LogP contribution in [-0.2, 0) is 20.7 Å². The zero-order chi connectivity index (χ0) is 15.3. The molecule has 3 aliphatic heterocycles. The molecule has 1 aromatic carbocycles. The number of carboxylic acids is 1. The number of carboxylic acid groups (broad SMARTS) is 1. The quantitative estimate of drug-likeness (QED) is 0.845. The van der Waals surface area contributed by atoms with Crippen molar-refractivity contribution in [1.82, 2.24) is 4.90 Å². The number of hydrogen-bond donors (Lipinski definition) is 1. The molecule has 114 valence electrons. The van der Waals surface area contributed by atoms with Gasteiger partial charge in [-0.15, -0.1) is 0 Å². The van der Waals surface area contributed by atoms with E-state index in [9.17, 15) is 14.7 Å². The zero-order valence-electron chi connectivity index (χ0n) is 12.0. The summed E-state index contributed by atoms with van der Waals surface area (Å²) in [6.07, 6.45) is 3.99. The average Bonchev–Trinajstić information content (AvgIpc) is 3.14. The van der Waals surface area contributed by atoms with E-state index in [-0.39, 0.29) is 5.91 Å². The van der Waals surface area contributed by atoms with Gasteiger partial charge in [0.1, 0.15) is 11.5 Å². The van der Waals surface area contributed by atoms with Crippen molar-refractivity contribution in [1.29, 1.82) is 0 Å². The van der Waals surface area contributed by atoms with Crippen molar-refractivity contribution in [2.24, 2.45) is 11.8 Å². The summed E-state index contributed by atoms with van der Waals surface area (Å²) < 4.78 is 5.86. The van der Waals surface area contributed by atoms with Crippen molar-refractivity contribution in [3.8, 4) is 0 Å². The molecule has 3 aliphatic rings. The largest absolute Gasteiger partial charge is 0.481 e. The molecule has 2 saturated heterocycles. The lowest BCUT2D eigenvalue weighted by Gasteiger charge is -2.21. The number of aliphatic carboxylic acids is 1. The second kappa shape index (κ2) is 4.68. The molecule has 1 spiro atoms. The highest BCUT2D eigenvalue weighted by Gasteiger charge is 2.66. The van der Waals surface area contributed by atoms with Gasteiger partial charge in [-0.2, -0.15) is 0 Å². The monoisotopic (exact) mass is 299 g/mol. The fourth-order valence-electron chi connectivity index (χ4n) is 3.96. The predicted octanol–water partition coefficient (Wildman–Crippen LogP) is 1.10. The van der Waals surface area contributed by atoms with E-state index < -0.39 is 29.5 Å². The lowest BCUT2D eigenvalue weighted by atomic mass is 9.77. The van der Waals surface area contributed by atoms with E-state index in [0.29, 0.717) is 13.1 Å². The standard InChI is InChI=1S/C17H17NO4/c19-15-14-13(16(20)21)12-6-8-17(14,22-12)10-18(15)9-7-11-4-2-1-3-5-11/h1-6,8,12-14H,7,9-10H2,(H,20,21)/t12-,13-,14+,17+/m0/s1. The third kappa shape index (κ3) is 1.82.